The summed E-state index contributed by atoms with van der Waals surface area (Å²) in [6.07, 6.45) is 0. The van der Waals surface area contributed by atoms with Crippen LogP contribution in [-0.4, -0.2) is 23.3 Å². The first-order chi connectivity index (χ1) is 34.8. The van der Waals surface area contributed by atoms with E-state index in [1.807, 2.05) is 13.0 Å². The highest BCUT2D eigenvalue weighted by Gasteiger charge is 2.35. The summed E-state index contributed by atoms with van der Waals surface area (Å²) in [5.41, 5.74) is 19.3. The van der Waals surface area contributed by atoms with Gasteiger partial charge in [-0.2, -0.15) is 5.26 Å². The first kappa shape index (κ1) is 40.8. The third kappa shape index (κ3) is 5.78. The SMILES string of the molecule is Cc1ccc2c(c1)c1ccccc1n2-c1c(C#N)c(-c2cccc(C)n2)c(-n2c3ccccc3c3cc(C)ccc32)c(-n2c3ccccc3c3cc(C)ccc32)c1-n1c2ccccc2c2cc(C)ccc21. The minimum atomic E-state index is 0.521. The van der Waals surface area contributed by atoms with Gasteiger partial charge >= 0.3 is 0 Å². The summed E-state index contributed by atoms with van der Waals surface area (Å²) in [7, 11) is 0. The minimum absolute atomic E-state index is 0.521. The molecule has 9 aromatic carbocycles. The molecule has 6 nitrogen and oxygen atoms in total. The topological polar surface area (TPSA) is 56.4 Å². The Bertz CT molecular complexity index is 4660. The van der Waals surface area contributed by atoms with Gasteiger partial charge in [-0.25, -0.2) is 0 Å². The van der Waals surface area contributed by atoms with E-state index in [4.69, 9.17) is 4.98 Å². The number of fused-ring (bicyclic) bond motifs is 12. The summed E-state index contributed by atoms with van der Waals surface area (Å²) in [6, 6.07) is 71.3. The van der Waals surface area contributed by atoms with Gasteiger partial charge in [-0.1, -0.05) is 125 Å². The van der Waals surface area contributed by atoms with E-state index in [0.29, 0.717) is 5.56 Å². The van der Waals surface area contributed by atoms with Crippen LogP contribution in [0.2, 0.25) is 0 Å². The van der Waals surface area contributed by atoms with Gasteiger partial charge in [0.15, 0.2) is 0 Å². The van der Waals surface area contributed by atoms with Crippen molar-refractivity contribution in [2.45, 2.75) is 34.6 Å². The number of nitrogens with zero attached hydrogens (tertiary/aromatic N) is 6. The Kier molecular flexibility index (Phi) is 8.72. The Hall–Kier alpha value is -9.18. The molecular formula is C65H46N6. The van der Waals surface area contributed by atoms with Gasteiger partial charge in [0.25, 0.3) is 0 Å². The summed E-state index contributed by atoms with van der Waals surface area (Å²) >= 11 is 0. The molecule has 5 heterocycles. The molecule has 71 heavy (non-hydrogen) atoms. The molecule has 0 unspecified atom stereocenters. The number of hydrogen-bond donors (Lipinski definition) is 0. The highest BCUT2D eigenvalue weighted by atomic mass is 15.1. The number of aryl methyl sites for hydroxylation is 5. The molecule has 0 saturated carbocycles. The number of benzene rings is 9. The molecular weight excluding hydrogens is 865 g/mol. The van der Waals surface area contributed by atoms with E-state index < -0.39 is 0 Å². The van der Waals surface area contributed by atoms with Crippen LogP contribution in [0.1, 0.15) is 33.5 Å². The number of para-hydroxylation sites is 4. The fourth-order valence-electron chi connectivity index (χ4n) is 11.9. The second kappa shape index (κ2) is 15.2. The van der Waals surface area contributed by atoms with E-state index >= 15 is 0 Å². The molecule has 0 aliphatic heterocycles. The molecule has 0 aliphatic rings. The molecule has 0 saturated heterocycles. The maximum atomic E-state index is 12.6. The van der Waals surface area contributed by atoms with Crippen molar-refractivity contribution in [1.82, 2.24) is 23.3 Å². The van der Waals surface area contributed by atoms with Crippen LogP contribution in [0, 0.1) is 45.9 Å². The molecule has 0 bridgehead atoms. The Morgan fingerprint density at radius 2 is 0.648 bits per heavy atom. The largest absolute Gasteiger partial charge is 0.306 e. The van der Waals surface area contributed by atoms with Crippen LogP contribution in [0.4, 0.5) is 0 Å². The number of aromatic nitrogens is 5. The fraction of sp³-hybridized carbons (Fsp3) is 0.0769. The lowest BCUT2D eigenvalue weighted by atomic mass is 9.94. The van der Waals surface area contributed by atoms with Gasteiger partial charge in [0.05, 0.1) is 78.1 Å². The van der Waals surface area contributed by atoms with Gasteiger partial charge in [0.2, 0.25) is 0 Å². The Balaban J connectivity index is 1.38. The van der Waals surface area contributed by atoms with E-state index in [1.54, 1.807) is 0 Å². The Morgan fingerprint density at radius 1 is 0.324 bits per heavy atom. The van der Waals surface area contributed by atoms with Gasteiger partial charge in [0.1, 0.15) is 6.07 Å². The number of nitriles is 1. The maximum absolute atomic E-state index is 12.6. The van der Waals surface area contributed by atoms with Crippen molar-refractivity contribution in [2.24, 2.45) is 0 Å². The van der Waals surface area contributed by atoms with Crippen molar-refractivity contribution < 1.29 is 0 Å². The smallest absolute Gasteiger partial charge is 0.102 e. The lowest BCUT2D eigenvalue weighted by Gasteiger charge is -2.29. The number of pyridine rings is 1. The molecule has 0 radical (unpaired) electrons. The summed E-state index contributed by atoms with van der Waals surface area (Å²) in [5, 5.41) is 21.7. The van der Waals surface area contributed by atoms with Gasteiger partial charge in [-0.15, -0.1) is 0 Å². The van der Waals surface area contributed by atoms with Crippen molar-refractivity contribution in [3.63, 3.8) is 0 Å². The third-order valence-corrected chi connectivity index (χ3v) is 14.9. The molecule has 6 heteroatoms. The second-order valence-corrected chi connectivity index (χ2v) is 19.4. The van der Waals surface area contributed by atoms with Crippen LogP contribution in [0.5, 0.6) is 0 Å². The quantitative estimate of drug-likeness (QED) is 0.173. The van der Waals surface area contributed by atoms with Crippen molar-refractivity contribution in [2.75, 3.05) is 0 Å². The van der Waals surface area contributed by atoms with Crippen LogP contribution < -0.4 is 0 Å². The van der Waals surface area contributed by atoms with Gasteiger partial charge in [0, 0.05) is 54.3 Å². The predicted octanol–water partition coefficient (Wildman–Crippen LogP) is 16.6. The molecule has 0 spiro atoms. The molecule has 14 rings (SSSR count). The summed E-state index contributed by atoms with van der Waals surface area (Å²) in [6.45, 7) is 10.7. The first-order valence-electron chi connectivity index (χ1n) is 24.4. The number of hydrogen-bond acceptors (Lipinski definition) is 2. The number of rotatable bonds is 5. The van der Waals surface area contributed by atoms with Crippen LogP contribution in [0.3, 0.4) is 0 Å². The zero-order valence-corrected chi connectivity index (χ0v) is 40.1. The summed E-state index contributed by atoms with van der Waals surface area (Å²) < 4.78 is 9.79. The molecule has 0 fully saturated rings. The Labute approximate surface area is 410 Å². The van der Waals surface area contributed by atoms with Crippen LogP contribution in [0.15, 0.2) is 188 Å². The van der Waals surface area contributed by atoms with Crippen molar-refractivity contribution in [3.8, 4) is 40.1 Å². The van der Waals surface area contributed by atoms with E-state index in [-0.39, 0.29) is 0 Å². The van der Waals surface area contributed by atoms with E-state index in [2.05, 4.69) is 234 Å². The normalized spacial score (nSPS) is 12.0. The molecule has 0 N–H and O–H groups in total. The average Bonchev–Trinajstić information content (AvgIpc) is 4.10. The van der Waals surface area contributed by atoms with E-state index in [1.165, 1.54) is 22.3 Å². The molecule has 336 valence electrons. The van der Waals surface area contributed by atoms with E-state index in [9.17, 15) is 5.26 Å². The minimum Gasteiger partial charge on any atom is -0.306 e. The highest BCUT2D eigenvalue weighted by molar-refractivity contribution is 6.17. The lowest BCUT2D eigenvalue weighted by molar-refractivity contribution is 1.02. The molecule has 0 atom stereocenters. The summed E-state index contributed by atoms with van der Waals surface area (Å²) in [5.74, 6) is 0. The van der Waals surface area contributed by atoms with Crippen molar-refractivity contribution in [3.05, 3.63) is 222 Å². The molecule has 14 aromatic rings. The molecule has 5 aromatic heterocycles. The molecule has 0 amide bonds. The third-order valence-electron chi connectivity index (χ3n) is 14.9. The van der Waals surface area contributed by atoms with Crippen molar-refractivity contribution >= 4 is 87.2 Å². The monoisotopic (exact) mass is 910 g/mol. The van der Waals surface area contributed by atoms with Crippen molar-refractivity contribution in [1.29, 1.82) is 5.26 Å². The van der Waals surface area contributed by atoms with E-state index in [0.717, 1.165) is 127 Å². The van der Waals surface area contributed by atoms with Crippen LogP contribution >= 0.6 is 0 Å². The van der Waals surface area contributed by atoms with Gasteiger partial charge in [-0.05, 0) is 120 Å². The highest BCUT2D eigenvalue weighted by Crippen LogP contribution is 2.51. The zero-order chi connectivity index (χ0) is 47.8. The van der Waals surface area contributed by atoms with Crippen LogP contribution in [0.25, 0.3) is 121 Å². The maximum Gasteiger partial charge on any atom is 0.102 e. The zero-order valence-electron chi connectivity index (χ0n) is 40.1. The molecule has 0 aliphatic carbocycles. The summed E-state index contributed by atoms with van der Waals surface area (Å²) in [4.78, 5) is 5.43. The van der Waals surface area contributed by atoms with Gasteiger partial charge in [-0.3, -0.25) is 4.98 Å². The predicted molar refractivity (Wildman–Crippen MR) is 295 cm³/mol. The average molecular weight is 911 g/mol. The first-order valence-corrected chi connectivity index (χ1v) is 24.4. The second-order valence-electron chi connectivity index (χ2n) is 19.4. The standard InChI is InChI=1S/C65H46N6/c1-38-25-29-57-47(33-38)43-16-6-10-21-53(43)68(57)62-51(37-66)61(52-20-14-15-42(5)67-52)63(69-54-22-11-7-17-44(54)48-34-39(2)26-30-58(48)69)65(71-56-24-13-9-19-46(56)50-36-41(4)28-32-60(50)71)64(62)70-55-23-12-8-18-45(55)49-35-40(3)27-31-59(49)70/h6-36H,1-5H3. The van der Waals surface area contributed by atoms with Crippen LogP contribution in [-0.2, 0) is 0 Å². The lowest BCUT2D eigenvalue weighted by Crippen LogP contribution is -2.17. The fourth-order valence-corrected chi connectivity index (χ4v) is 11.9. The Morgan fingerprint density at radius 3 is 1.01 bits per heavy atom. The van der Waals surface area contributed by atoms with Gasteiger partial charge < -0.3 is 18.3 Å².